The molecule has 0 saturated carbocycles. The first kappa shape index (κ1) is 13.3. The zero-order chi connectivity index (χ0) is 13.0. The van der Waals surface area contributed by atoms with Crippen LogP contribution in [-0.4, -0.2) is 48.5 Å². The van der Waals surface area contributed by atoms with Crippen molar-refractivity contribution in [2.75, 3.05) is 13.7 Å². The van der Waals surface area contributed by atoms with Crippen molar-refractivity contribution in [3.05, 3.63) is 0 Å². The molecule has 0 aromatic heterocycles. The zero-order valence-electron chi connectivity index (χ0n) is 9.93. The van der Waals surface area contributed by atoms with Crippen LogP contribution < -0.4 is 11.1 Å². The summed E-state index contributed by atoms with van der Waals surface area (Å²) in [5, 5.41) is 2.53. The molecule has 96 valence electrons. The molecule has 2 atom stereocenters. The summed E-state index contributed by atoms with van der Waals surface area (Å²) in [6.45, 7) is 2.07. The normalized spacial score (nSPS) is 21.2. The number of amides is 3. The highest BCUT2D eigenvalue weighted by Gasteiger charge is 2.36. The predicted octanol–water partition coefficient (Wildman–Crippen LogP) is -0.793. The molecule has 7 nitrogen and oxygen atoms in total. The van der Waals surface area contributed by atoms with Crippen LogP contribution in [0.25, 0.3) is 0 Å². The molecule has 1 heterocycles. The Morgan fingerprint density at radius 2 is 2.29 bits per heavy atom. The van der Waals surface area contributed by atoms with Crippen LogP contribution in [0.5, 0.6) is 0 Å². The van der Waals surface area contributed by atoms with Gasteiger partial charge < -0.3 is 20.7 Å². The number of rotatable bonds is 4. The van der Waals surface area contributed by atoms with Gasteiger partial charge in [-0.1, -0.05) is 6.92 Å². The number of nitrogens with two attached hydrogens (primary N) is 1. The fourth-order valence-electron chi connectivity index (χ4n) is 1.93. The number of primary amides is 1. The van der Waals surface area contributed by atoms with E-state index in [0.29, 0.717) is 6.42 Å². The molecule has 3 N–H and O–H groups in total. The maximum atomic E-state index is 11.7. The Kier molecular flexibility index (Phi) is 4.30. The summed E-state index contributed by atoms with van der Waals surface area (Å²) in [5.74, 6) is -0.711. The number of carbonyl (C=O) groups is 3. The fraction of sp³-hybridized carbons (Fsp3) is 0.700. The molecule has 0 aromatic rings. The number of likely N-dealkylation sites (tertiary alicyclic amines) is 1. The van der Waals surface area contributed by atoms with E-state index >= 15 is 0 Å². The summed E-state index contributed by atoms with van der Waals surface area (Å²) >= 11 is 0. The number of nitrogens with one attached hydrogen (secondary N) is 1. The van der Waals surface area contributed by atoms with Gasteiger partial charge in [0.1, 0.15) is 6.04 Å². The van der Waals surface area contributed by atoms with Crippen LogP contribution in [0.1, 0.15) is 19.8 Å². The zero-order valence-corrected chi connectivity index (χ0v) is 9.93. The highest BCUT2D eigenvalue weighted by molar-refractivity contribution is 5.88. The van der Waals surface area contributed by atoms with Gasteiger partial charge in [-0.15, -0.1) is 0 Å². The molecule has 1 unspecified atom stereocenters. The monoisotopic (exact) mass is 243 g/mol. The Morgan fingerprint density at radius 1 is 1.65 bits per heavy atom. The first-order valence-corrected chi connectivity index (χ1v) is 5.42. The number of nitrogens with zero attached hydrogens (tertiary/aromatic N) is 1. The van der Waals surface area contributed by atoms with Crippen LogP contribution in [-0.2, 0) is 14.3 Å². The second-order valence-electron chi connectivity index (χ2n) is 3.91. The molecular weight excluding hydrogens is 226 g/mol. The lowest BCUT2D eigenvalue weighted by atomic mass is 10.2. The lowest BCUT2D eigenvalue weighted by molar-refractivity contribution is -0.136. The summed E-state index contributed by atoms with van der Waals surface area (Å²) in [6, 6.07) is -0.935. The highest BCUT2D eigenvalue weighted by Crippen LogP contribution is 2.16. The van der Waals surface area contributed by atoms with Crippen LogP contribution in [0.3, 0.4) is 0 Å². The molecular formula is C10H17N3O4. The van der Waals surface area contributed by atoms with Crippen LogP contribution >= 0.6 is 0 Å². The Balaban J connectivity index is 2.63. The number of ether oxygens (including phenoxy) is 1. The van der Waals surface area contributed by atoms with Crippen molar-refractivity contribution in [1.29, 1.82) is 0 Å². The Morgan fingerprint density at radius 3 is 2.76 bits per heavy atom. The quantitative estimate of drug-likeness (QED) is 0.675. The van der Waals surface area contributed by atoms with Crippen molar-refractivity contribution < 1.29 is 19.1 Å². The molecule has 1 aliphatic rings. The van der Waals surface area contributed by atoms with Crippen molar-refractivity contribution >= 4 is 17.9 Å². The summed E-state index contributed by atoms with van der Waals surface area (Å²) in [5.41, 5.74) is 5.22. The minimum Gasteiger partial charge on any atom is -0.453 e. The summed E-state index contributed by atoms with van der Waals surface area (Å²) in [4.78, 5) is 35.3. The topological polar surface area (TPSA) is 102 Å². The number of hydrogen-bond donors (Lipinski definition) is 2. The third-order valence-corrected chi connectivity index (χ3v) is 2.76. The maximum Gasteiger partial charge on any atom is 0.407 e. The van der Waals surface area contributed by atoms with Gasteiger partial charge in [-0.05, 0) is 6.42 Å². The molecule has 3 amide bonds. The van der Waals surface area contributed by atoms with E-state index < -0.39 is 18.0 Å². The molecule has 17 heavy (non-hydrogen) atoms. The second kappa shape index (κ2) is 5.51. The molecule has 1 fully saturated rings. The van der Waals surface area contributed by atoms with E-state index in [1.807, 2.05) is 0 Å². The smallest absolute Gasteiger partial charge is 0.407 e. The van der Waals surface area contributed by atoms with Gasteiger partial charge in [0.2, 0.25) is 11.8 Å². The average molecular weight is 243 g/mol. The molecule has 0 spiro atoms. The van der Waals surface area contributed by atoms with Gasteiger partial charge in [-0.2, -0.15) is 0 Å². The van der Waals surface area contributed by atoms with Crippen LogP contribution in [0.15, 0.2) is 0 Å². The lowest BCUT2D eigenvalue weighted by Crippen LogP contribution is -2.46. The number of methoxy groups -OCH3 is 1. The fourth-order valence-corrected chi connectivity index (χ4v) is 1.93. The first-order chi connectivity index (χ1) is 7.99. The van der Waals surface area contributed by atoms with Gasteiger partial charge in [0.15, 0.2) is 0 Å². The van der Waals surface area contributed by atoms with Crippen molar-refractivity contribution in [1.82, 2.24) is 10.2 Å². The molecule has 0 aliphatic carbocycles. The Labute approximate surface area is 99.3 Å². The number of carbonyl (C=O) groups excluding carboxylic acids is 3. The first-order valence-electron chi connectivity index (χ1n) is 5.42. The van der Waals surface area contributed by atoms with Gasteiger partial charge in [-0.3, -0.25) is 9.59 Å². The van der Waals surface area contributed by atoms with Crippen molar-refractivity contribution in [3.8, 4) is 0 Å². The van der Waals surface area contributed by atoms with Gasteiger partial charge in [0.05, 0.1) is 13.2 Å². The maximum absolute atomic E-state index is 11.7. The SMILES string of the molecule is CC[C@@H](C(N)=O)N1CC(NC(=O)OC)CC1=O. The van der Waals surface area contributed by atoms with Crippen molar-refractivity contribution in [2.24, 2.45) is 5.73 Å². The summed E-state index contributed by atoms with van der Waals surface area (Å²) < 4.78 is 4.45. The van der Waals surface area contributed by atoms with Crippen LogP contribution in [0, 0.1) is 0 Å². The van der Waals surface area contributed by atoms with Crippen LogP contribution in [0.2, 0.25) is 0 Å². The average Bonchev–Trinajstić information content (AvgIpc) is 2.60. The lowest BCUT2D eigenvalue weighted by Gasteiger charge is -2.24. The molecule has 1 aliphatic heterocycles. The van der Waals surface area contributed by atoms with E-state index in [-0.39, 0.29) is 24.9 Å². The van der Waals surface area contributed by atoms with E-state index in [2.05, 4.69) is 10.1 Å². The standard InChI is InChI=1S/C10H17N3O4/c1-3-7(9(11)15)13-5-6(4-8(13)14)12-10(16)17-2/h6-7H,3-5H2,1-2H3,(H2,11,15)(H,12,16)/t6?,7-/m0/s1. The Hall–Kier alpha value is -1.79. The Bertz CT molecular complexity index is 332. The molecule has 0 bridgehead atoms. The highest BCUT2D eigenvalue weighted by atomic mass is 16.5. The van der Waals surface area contributed by atoms with E-state index in [1.54, 1.807) is 6.92 Å². The van der Waals surface area contributed by atoms with E-state index in [0.717, 1.165) is 0 Å². The number of hydrogen-bond acceptors (Lipinski definition) is 4. The predicted molar refractivity (Wildman–Crippen MR) is 58.9 cm³/mol. The molecule has 1 rings (SSSR count). The summed E-state index contributed by atoms with van der Waals surface area (Å²) in [7, 11) is 1.25. The largest absolute Gasteiger partial charge is 0.453 e. The van der Waals surface area contributed by atoms with Crippen molar-refractivity contribution in [2.45, 2.75) is 31.8 Å². The third-order valence-electron chi connectivity index (χ3n) is 2.76. The van der Waals surface area contributed by atoms with E-state index in [9.17, 15) is 14.4 Å². The minimum atomic E-state index is -0.605. The number of alkyl carbamates (subject to hydrolysis) is 1. The molecule has 1 saturated heterocycles. The van der Waals surface area contributed by atoms with Crippen LogP contribution in [0.4, 0.5) is 4.79 Å². The molecule has 0 aromatic carbocycles. The van der Waals surface area contributed by atoms with Crippen molar-refractivity contribution in [3.63, 3.8) is 0 Å². The summed E-state index contributed by atoms with van der Waals surface area (Å²) in [6.07, 6.45) is 0.0435. The van der Waals surface area contributed by atoms with Gasteiger partial charge in [0.25, 0.3) is 0 Å². The van der Waals surface area contributed by atoms with E-state index in [1.165, 1.54) is 12.0 Å². The minimum absolute atomic E-state index is 0.166. The third kappa shape index (κ3) is 3.08. The molecule has 0 radical (unpaired) electrons. The second-order valence-corrected chi connectivity index (χ2v) is 3.91. The van der Waals surface area contributed by atoms with Gasteiger partial charge in [0, 0.05) is 13.0 Å². The van der Waals surface area contributed by atoms with E-state index in [4.69, 9.17) is 5.73 Å². The molecule has 7 heteroatoms. The van der Waals surface area contributed by atoms with Gasteiger partial charge >= 0.3 is 6.09 Å². The van der Waals surface area contributed by atoms with Gasteiger partial charge in [-0.25, -0.2) is 4.79 Å².